The molecule has 26 heavy (non-hydrogen) atoms. The van der Waals surface area contributed by atoms with Gasteiger partial charge in [-0.25, -0.2) is 20.4 Å². The summed E-state index contributed by atoms with van der Waals surface area (Å²) in [6.45, 7) is 6.76. The van der Waals surface area contributed by atoms with Crippen molar-refractivity contribution < 1.29 is 24.5 Å². The largest absolute Gasteiger partial charge is 0.394 e. The molecule has 0 saturated carbocycles. The number of nitrogens with one attached hydrogen (secondary N) is 3. The standard InChI is InChI=1S/C7H8.C4H8N2.C4H10O3.2CHNO/c1-7-5-3-2-4-6-7;1-4-5-2-3-6-4;5-1-3-7-4-2-6;2*2-1-3/h2-6H,1H3;2-3H2,1H3,(H,5,6);5-6H,1-4H2;2*2H. The summed E-state index contributed by atoms with van der Waals surface area (Å²) in [6, 6.07) is 10.3. The average Bonchev–Trinajstić information content (AvgIpc) is 3.10. The second kappa shape index (κ2) is 27.2. The van der Waals surface area contributed by atoms with Crippen LogP contribution >= 0.6 is 0 Å². The molecule has 0 radical (unpaired) electrons. The average molecular weight is 368 g/mol. The summed E-state index contributed by atoms with van der Waals surface area (Å²) in [4.78, 5) is 20.7. The maximum atomic E-state index is 8.35. The van der Waals surface area contributed by atoms with E-state index in [1.54, 1.807) is 0 Å². The van der Waals surface area contributed by atoms with Crippen LogP contribution in [0, 0.1) is 17.7 Å². The number of benzene rings is 1. The first kappa shape index (κ1) is 28.1. The lowest BCUT2D eigenvalue weighted by Gasteiger charge is -1.94. The first-order valence-electron chi connectivity index (χ1n) is 7.67. The fourth-order valence-corrected chi connectivity index (χ4v) is 1.28. The van der Waals surface area contributed by atoms with Crippen molar-refractivity contribution in [2.75, 3.05) is 39.5 Å². The topological polar surface area (TPSA) is 156 Å². The van der Waals surface area contributed by atoms with E-state index >= 15 is 0 Å². The van der Waals surface area contributed by atoms with Crippen molar-refractivity contribution in [1.29, 1.82) is 10.8 Å². The molecule has 0 spiro atoms. The van der Waals surface area contributed by atoms with Crippen LogP contribution in [0.2, 0.25) is 0 Å². The van der Waals surface area contributed by atoms with E-state index in [0.29, 0.717) is 13.2 Å². The predicted octanol–water partition coefficient (Wildman–Crippen LogP) is 0.793. The quantitative estimate of drug-likeness (QED) is 0.300. The molecule has 0 aliphatic carbocycles. The number of aryl methyl sites for hydroxylation is 1. The van der Waals surface area contributed by atoms with Crippen LogP contribution in [-0.4, -0.2) is 67.7 Å². The van der Waals surface area contributed by atoms with Crippen molar-refractivity contribution >= 4 is 18.0 Å². The number of amidine groups is 1. The van der Waals surface area contributed by atoms with Crippen LogP contribution in [0.4, 0.5) is 0 Å². The number of aliphatic hydroxyl groups is 2. The summed E-state index contributed by atoms with van der Waals surface area (Å²) < 4.78 is 4.63. The van der Waals surface area contributed by atoms with E-state index in [9.17, 15) is 0 Å². The molecule has 0 unspecified atom stereocenters. The molecule has 9 heteroatoms. The van der Waals surface area contributed by atoms with E-state index in [1.165, 1.54) is 5.56 Å². The zero-order valence-corrected chi connectivity index (χ0v) is 15.2. The highest BCUT2D eigenvalue weighted by molar-refractivity contribution is 5.80. The summed E-state index contributed by atoms with van der Waals surface area (Å²) in [6.07, 6.45) is 1.50. The van der Waals surface area contributed by atoms with Crippen LogP contribution in [0.15, 0.2) is 35.3 Å². The maximum absolute atomic E-state index is 8.35. The Morgan fingerprint density at radius 1 is 1.08 bits per heavy atom. The fourth-order valence-electron chi connectivity index (χ4n) is 1.28. The zero-order chi connectivity index (χ0) is 20.5. The monoisotopic (exact) mass is 368 g/mol. The Kier molecular flexibility index (Phi) is 29.4. The maximum Gasteiger partial charge on any atom is 0.231 e. The van der Waals surface area contributed by atoms with Crippen molar-refractivity contribution in [3.05, 3.63) is 35.9 Å². The molecule has 1 aliphatic heterocycles. The van der Waals surface area contributed by atoms with Crippen LogP contribution in [0.5, 0.6) is 0 Å². The minimum atomic E-state index is 0.0278. The van der Waals surface area contributed by atoms with Gasteiger partial charge in [0.15, 0.2) is 0 Å². The Morgan fingerprint density at radius 3 is 1.73 bits per heavy atom. The normalized spacial score (nSPS) is 10.1. The summed E-state index contributed by atoms with van der Waals surface area (Å²) in [5.41, 5.74) is 1.32. The number of hydrogen-bond donors (Lipinski definition) is 5. The van der Waals surface area contributed by atoms with Crippen LogP contribution in [0.25, 0.3) is 0 Å². The second-order valence-corrected chi connectivity index (χ2v) is 4.31. The van der Waals surface area contributed by atoms with Gasteiger partial charge in [-0.3, -0.25) is 4.99 Å². The Morgan fingerprint density at radius 2 is 1.54 bits per heavy atom. The van der Waals surface area contributed by atoms with Crippen LogP contribution < -0.4 is 5.32 Å². The minimum Gasteiger partial charge on any atom is -0.394 e. The number of nitrogens with zero attached hydrogens (tertiary/aromatic N) is 1. The van der Waals surface area contributed by atoms with E-state index < -0.39 is 0 Å². The number of ether oxygens (including phenoxy) is 1. The summed E-state index contributed by atoms with van der Waals surface area (Å²) in [7, 11) is 0. The third-order valence-electron chi connectivity index (χ3n) is 2.25. The van der Waals surface area contributed by atoms with Crippen molar-refractivity contribution in [2.45, 2.75) is 13.8 Å². The van der Waals surface area contributed by atoms with Gasteiger partial charge in [-0.2, -0.15) is 0 Å². The molecular formula is C17H28N4O5. The van der Waals surface area contributed by atoms with E-state index in [1.807, 2.05) is 25.1 Å². The molecule has 146 valence electrons. The molecule has 5 N–H and O–H groups in total. The smallest absolute Gasteiger partial charge is 0.231 e. The second-order valence-electron chi connectivity index (χ2n) is 4.31. The van der Waals surface area contributed by atoms with Crippen LogP contribution in [-0.2, 0) is 14.3 Å². The highest BCUT2D eigenvalue weighted by Crippen LogP contribution is 1.92. The summed E-state index contributed by atoms with van der Waals surface area (Å²) in [5.74, 6) is 1.08. The Balaban J connectivity index is -0.000000266. The lowest BCUT2D eigenvalue weighted by atomic mass is 10.2. The van der Waals surface area contributed by atoms with Gasteiger partial charge < -0.3 is 20.3 Å². The molecule has 2 rings (SSSR count). The molecule has 0 aromatic heterocycles. The number of aliphatic imine (C=N–C) groups is 1. The molecule has 1 aliphatic rings. The van der Waals surface area contributed by atoms with E-state index in [4.69, 9.17) is 30.6 Å². The molecule has 1 heterocycles. The van der Waals surface area contributed by atoms with Crippen molar-refractivity contribution in [3.8, 4) is 0 Å². The first-order chi connectivity index (χ1) is 12.5. The highest BCUT2D eigenvalue weighted by Gasteiger charge is 1.93. The Hall–Kier alpha value is -2.67. The van der Waals surface area contributed by atoms with Gasteiger partial charge in [-0.15, -0.1) is 0 Å². The van der Waals surface area contributed by atoms with Crippen LogP contribution in [0.3, 0.4) is 0 Å². The number of isocyanates is 2. The Labute approximate surface area is 153 Å². The Bertz CT molecular complexity index is 481. The van der Waals surface area contributed by atoms with Gasteiger partial charge in [0.25, 0.3) is 0 Å². The van der Waals surface area contributed by atoms with Crippen molar-refractivity contribution in [2.24, 2.45) is 4.99 Å². The zero-order valence-electron chi connectivity index (χ0n) is 15.2. The van der Waals surface area contributed by atoms with Crippen molar-refractivity contribution in [3.63, 3.8) is 0 Å². The number of carbonyl (C=O) groups excluding carboxylic acids is 2. The summed E-state index contributed by atoms with van der Waals surface area (Å²) >= 11 is 0. The lowest BCUT2D eigenvalue weighted by molar-refractivity contribution is 0.0650. The number of aliphatic hydroxyl groups excluding tert-OH is 2. The van der Waals surface area contributed by atoms with Gasteiger partial charge in [0.2, 0.25) is 12.2 Å². The van der Waals surface area contributed by atoms with Gasteiger partial charge in [-0.05, 0) is 13.8 Å². The van der Waals surface area contributed by atoms with Crippen LogP contribution in [0.1, 0.15) is 12.5 Å². The molecule has 0 saturated heterocycles. The minimum absolute atomic E-state index is 0.0278. The SMILES string of the molecule is CC1=NCCN1.Cc1ccccc1.N=C=O.N=C=O.OCCOCCO. The fraction of sp³-hybridized carbons (Fsp3) is 0.471. The van der Waals surface area contributed by atoms with E-state index in [-0.39, 0.29) is 13.2 Å². The number of hydrogen-bond acceptors (Lipinski definition) is 9. The molecule has 9 nitrogen and oxygen atoms in total. The summed E-state index contributed by atoms with van der Waals surface area (Å²) in [5, 5.41) is 30.0. The van der Waals surface area contributed by atoms with Gasteiger partial charge in [0.05, 0.1) is 38.8 Å². The molecular weight excluding hydrogens is 340 g/mol. The first-order valence-corrected chi connectivity index (χ1v) is 7.67. The van der Waals surface area contributed by atoms with E-state index in [2.05, 4.69) is 34.1 Å². The molecule has 1 aromatic rings. The van der Waals surface area contributed by atoms with E-state index in [0.717, 1.165) is 31.1 Å². The molecule has 0 bridgehead atoms. The van der Waals surface area contributed by atoms with Gasteiger partial charge in [0, 0.05) is 6.54 Å². The molecule has 0 atom stereocenters. The number of rotatable bonds is 4. The van der Waals surface area contributed by atoms with Gasteiger partial charge in [-0.1, -0.05) is 35.9 Å². The van der Waals surface area contributed by atoms with Gasteiger partial charge in [0.1, 0.15) is 0 Å². The molecule has 0 fully saturated rings. The third-order valence-corrected chi connectivity index (χ3v) is 2.25. The van der Waals surface area contributed by atoms with Crippen molar-refractivity contribution in [1.82, 2.24) is 5.32 Å². The van der Waals surface area contributed by atoms with Gasteiger partial charge >= 0.3 is 0 Å². The molecule has 1 aromatic carbocycles. The lowest BCUT2D eigenvalue weighted by Crippen LogP contribution is -2.13. The molecule has 0 amide bonds. The highest BCUT2D eigenvalue weighted by atomic mass is 16.5. The third kappa shape index (κ3) is 33.1. The predicted molar refractivity (Wildman–Crippen MR) is 99.0 cm³/mol.